The Morgan fingerprint density at radius 1 is 1.00 bits per heavy atom. The molecule has 0 saturated heterocycles. The normalized spacial score (nSPS) is 10.4. The molecule has 0 aromatic heterocycles. The molecule has 0 unspecified atom stereocenters. The van der Waals surface area contributed by atoms with Gasteiger partial charge in [-0.25, -0.2) is 0 Å². The fourth-order valence-electron chi connectivity index (χ4n) is 1.77. The number of hydrogen-bond donors (Lipinski definition) is 2. The molecular formula is C15H16BBrO4. The number of rotatable bonds is 7. The smallest absolute Gasteiger partial charge is 0.488 e. The summed E-state index contributed by atoms with van der Waals surface area (Å²) in [6.07, 6.45) is 0. The Bertz CT molecular complexity index is 560. The zero-order valence-corrected chi connectivity index (χ0v) is 13.0. The molecule has 0 radical (unpaired) electrons. The van der Waals surface area contributed by atoms with Crippen molar-refractivity contribution in [2.45, 2.75) is 6.61 Å². The number of hydrogen-bond acceptors (Lipinski definition) is 4. The molecule has 4 nitrogen and oxygen atoms in total. The zero-order chi connectivity index (χ0) is 15.1. The lowest BCUT2D eigenvalue weighted by molar-refractivity contribution is 0.0889. The molecule has 0 atom stereocenters. The minimum Gasteiger partial charge on any atom is -0.491 e. The van der Waals surface area contributed by atoms with Crippen molar-refractivity contribution in [3.05, 3.63) is 58.6 Å². The standard InChI is InChI=1S/C15H16BBrO4/c17-14-3-1-2-12(10-14)11-20-8-9-21-15-6-4-13(5-7-15)16(18)19/h1-7,10,18-19H,8-9,11H2. The van der Waals surface area contributed by atoms with E-state index in [0.29, 0.717) is 31.0 Å². The van der Waals surface area contributed by atoms with Crippen LogP contribution in [0.4, 0.5) is 0 Å². The molecule has 2 N–H and O–H groups in total. The summed E-state index contributed by atoms with van der Waals surface area (Å²) >= 11 is 3.42. The fraction of sp³-hybridized carbons (Fsp3) is 0.200. The molecule has 0 bridgehead atoms. The topological polar surface area (TPSA) is 58.9 Å². The van der Waals surface area contributed by atoms with Gasteiger partial charge in [-0.05, 0) is 35.3 Å². The molecule has 6 heteroatoms. The van der Waals surface area contributed by atoms with E-state index in [2.05, 4.69) is 15.9 Å². The second-order valence-electron chi connectivity index (χ2n) is 4.47. The number of halogens is 1. The van der Waals surface area contributed by atoms with Crippen LogP contribution in [0, 0.1) is 0 Å². The summed E-state index contributed by atoms with van der Waals surface area (Å²) < 4.78 is 12.1. The van der Waals surface area contributed by atoms with Crippen LogP contribution in [0.15, 0.2) is 53.0 Å². The van der Waals surface area contributed by atoms with Gasteiger partial charge >= 0.3 is 7.12 Å². The zero-order valence-electron chi connectivity index (χ0n) is 11.4. The van der Waals surface area contributed by atoms with E-state index in [1.807, 2.05) is 24.3 Å². The number of ether oxygens (including phenoxy) is 2. The van der Waals surface area contributed by atoms with Crippen molar-refractivity contribution in [1.29, 1.82) is 0 Å². The van der Waals surface area contributed by atoms with Crippen LogP contribution in [0.5, 0.6) is 5.75 Å². The van der Waals surface area contributed by atoms with Crippen molar-refractivity contribution in [1.82, 2.24) is 0 Å². The predicted molar refractivity (Wildman–Crippen MR) is 85.6 cm³/mol. The summed E-state index contributed by atoms with van der Waals surface area (Å²) in [6, 6.07) is 14.6. The van der Waals surface area contributed by atoms with Crippen LogP contribution in [-0.4, -0.2) is 30.4 Å². The highest BCUT2D eigenvalue weighted by atomic mass is 79.9. The molecule has 2 aromatic carbocycles. The van der Waals surface area contributed by atoms with Crippen LogP contribution < -0.4 is 10.2 Å². The van der Waals surface area contributed by atoms with E-state index in [0.717, 1.165) is 10.0 Å². The first-order valence-electron chi connectivity index (χ1n) is 6.56. The van der Waals surface area contributed by atoms with Gasteiger partial charge in [-0.1, -0.05) is 40.2 Å². The third kappa shape index (κ3) is 5.51. The Kier molecular flexibility index (Phi) is 6.26. The molecule has 0 aliphatic carbocycles. The van der Waals surface area contributed by atoms with E-state index in [1.54, 1.807) is 24.3 Å². The highest BCUT2D eigenvalue weighted by Gasteiger charge is 2.09. The molecule has 21 heavy (non-hydrogen) atoms. The molecule has 0 heterocycles. The van der Waals surface area contributed by atoms with Crippen molar-refractivity contribution in [3.8, 4) is 5.75 Å². The van der Waals surface area contributed by atoms with E-state index in [9.17, 15) is 0 Å². The maximum Gasteiger partial charge on any atom is 0.488 e. The molecular weight excluding hydrogens is 335 g/mol. The summed E-state index contributed by atoms with van der Waals surface area (Å²) in [5.74, 6) is 0.672. The lowest BCUT2D eigenvalue weighted by atomic mass is 9.80. The van der Waals surface area contributed by atoms with Gasteiger partial charge in [-0.3, -0.25) is 0 Å². The van der Waals surface area contributed by atoms with E-state index in [-0.39, 0.29) is 0 Å². The molecule has 2 aromatic rings. The monoisotopic (exact) mass is 350 g/mol. The van der Waals surface area contributed by atoms with Crippen LogP contribution in [0.1, 0.15) is 5.56 Å². The van der Waals surface area contributed by atoms with Gasteiger partial charge in [0, 0.05) is 4.47 Å². The fourth-order valence-corrected chi connectivity index (χ4v) is 2.22. The Hall–Kier alpha value is -1.34. The van der Waals surface area contributed by atoms with Gasteiger partial charge in [0.05, 0.1) is 13.2 Å². The lowest BCUT2D eigenvalue weighted by Gasteiger charge is -2.08. The summed E-state index contributed by atoms with van der Waals surface area (Å²) in [7, 11) is -1.45. The van der Waals surface area contributed by atoms with Crippen LogP contribution in [0.25, 0.3) is 0 Å². The molecule has 0 spiro atoms. The summed E-state index contributed by atoms with van der Waals surface area (Å²) in [5, 5.41) is 18.0. The predicted octanol–water partition coefficient (Wildman–Crippen LogP) is 1.72. The Labute approximate surface area is 132 Å². The Balaban J connectivity index is 1.67. The second kappa shape index (κ2) is 8.19. The van der Waals surface area contributed by atoms with Crippen molar-refractivity contribution in [2.24, 2.45) is 0 Å². The maximum absolute atomic E-state index is 8.98. The van der Waals surface area contributed by atoms with E-state index in [1.165, 1.54) is 0 Å². The molecule has 0 aliphatic heterocycles. The maximum atomic E-state index is 8.98. The van der Waals surface area contributed by atoms with Crippen molar-refractivity contribution in [3.63, 3.8) is 0 Å². The third-order valence-corrected chi connectivity index (χ3v) is 3.33. The molecule has 0 aliphatic rings. The lowest BCUT2D eigenvalue weighted by Crippen LogP contribution is -2.29. The Morgan fingerprint density at radius 2 is 1.76 bits per heavy atom. The van der Waals surface area contributed by atoms with Crippen molar-refractivity contribution in [2.75, 3.05) is 13.2 Å². The second-order valence-corrected chi connectivity index (χ2v) is 5.39. The minimum absolute atomic E-state index is 0.438. The first-order valence-corrected chi connectivity index (χ1v) is 7.35. The molecule has 0 amide bonds. The minimum atomic E-state index is -1.45. The van der Waals surface area contributed by atoms with Crippen LogP contribution in [-0.2, 0) is 11.3 Å². The van der Waals surface area contributed by atoms with E-state index < -0.39 is 7.12 Å². The van der Waals surface area contributed by atoms with Gasteiger partial charge in [0.25, 0.3) is 0 Å². The molecule has 110 valence electrons. The summed E-state index contributed by atoms with van der Waals surface area (Å²) in [5.41, 5.74) is 1.54. The van der Waals surface area contributed by atoms with Crippen molar-refractivity contribution < 1.29 is 19.5 Å². The molecule has 0 saturated carbocycles. The average molecular weight is 351 g/mol. The van der Waals surface area contributed by atoms with Crippen LogP contribution in [0.2, 0.25) is 0 Å². The molecule has 2 rings (SSSR count). The van der Waals surface area contributed by atoms with Gasteiger partial charge < -0.3 is 19.5 Å². The number of benzene rings is 2. The van der Waals surface area contributed by atoms with Crippen LogP contribution >= 0.6 is 15.9 Å². The quantitative estimate of drug-likeness (QED) is 0.589. The third-order valence-electron chi connectivity index (χ3n) is 2.83. The first-order chi connectivity index (χ1) is 10.1. The van der Waals surface area contributed by atoms with Crippen molar-refractivity contribution >= 4 is 28.5 Å². The Morgan fingerprint density at radius 3 is 2.43 bits per heavy atom. The SMILES string of the molecule is OB(O)c1ccc(OCCOCc2cccc(Br)c2)cc1. The summed E-state index contributed by atoms with van der Waals surface area (Å²) in [4.78, 5) is 0. The highest BCUT2D eigenvalue weighted by molar-refractivity contribution is 9.10. The van der Waals surface area contributed by atoms with Gasteiger partial charge in [-0.15, -0.1) is 0 Å². The van der Waals surface area contributed by atoms with E-state index >= 15 is 0 Å². The van der Waals surface area contributed by atoms with Gasteiger partial charge in [-0.2, -0.15) is 0 Å². The van der Waals surface area contributed by atoms with Gasteiger partial charge in [0.15, 0.2) is 0 Å². The highest BCUT2D eigenvalue weighted by Crippen LogP contribution is 2.12. The van der Waals surface area contributed by atoms with E-state index in [4.69, 9.17) is 19.5 Å². The average Bonchev–Trinajstić information content (AvgIpc) is 2.47. The largest absolute Gasteiger partial charge is 0.491 e. The van der Waals surface area contributed by atoms with Gasteiger partial charge in [0.1, 0.15) is 12.4 Å². The molecule has 0 fully saturated rings. The summed E-state index contributed by atoms with van der Waals surface area (Å²) in [6.45, 7) is 1.46. The van der Waals surface area contributed by atoms with Crippen LogP contribution in [0.3, 0.4) is 0 Å². The van der Waals surface area contributed by atoms with Gasteiger partial charge in [0.2, 0.25) is 0 Å². The first kappa shape index (κ1) is 16.0.